The van der Waals surface area contributed by atoms with Crippen LogP contribution >= 0.6 is 11.3 Å². The first kappa shape index (κ1) is 9.92. The Balaban J connectivity index is 1.95. The van der Waals surface area contributed by atoms with Crippen LogP contribution in [0, 0.1) is 6.92 Å². The molecule has 5 heteroatoms. The number of carbonyl (C=O) groups excluding carboxylic acids is 1. The largest absolute Gasteiger partial charge is 0.446 e. The van der Waals surface area contributed by atoms with E-state index >= 15 is 0 Å². The van der Waals surface area contributed by atoms with Gasteiger partial charge in [0.2, 0.25) is 0 Å². The quantitative estimate of drug-likeness (QED) is 0.863. The third kappa shape index (κ3) is 2.24. The Hall–Kier alpha value is -1.62. The fourth-order valence-electron chi connectivity index (χ4n) is 1.15. The Labute approximate surface area is 90.9 Å². The molecule has 4 nitrogen and oxygen atoms in total. The summed E-state index contributed by atoms with van der Waals surface area (Å²) >= 11 is 1.41. The maximum Gasteiger partial charge on any atom is 0.261 e. The second kappa shape index (κ2) is 4.27. The zero-order valence-electron chi connectivity index (χ0n) is 8.19. The first-order valence-electron chi connectivity index (χ1n) is 4.48. The van der Waals surface area contributed by atoms with Crippen molar-refractivity contribution in [2.75, 3.05) is 0 Å². The van der Waals surface area contributed by atoms with Crippen LogP contribution in [0.2, 0.25) is 0 Å². The van der Waals surface area contributed by atoms with E-state index in [2.05, 4.69) is 10.3 Å². The molecule has 0 unspecified atom stereocenters. The number of aryl methyl sites for hydroxylation is 1. The van der Waals surface area contributed by atoms with Crippen LogP contribution in [0.15, 0.2) is 28.3 Å². The molecule has 2 aromatic heterocycles. The first-order valence-corrected chi connectivity index (χ1v) is 5.36. The molecular formula is C10H10N2O2S. The van der Waals surface area contributed by atoms with Crippen LogP contribution in [-0.4, -0.2) is 10.9 Å². The number of oxazole rings is 1. The Kier molecular flexibility index (Phi) is 2.82. The number of hydrogen-bond acceptors (Lipinski definition) is 4. The van der Waals surface area contributed by atoms with Crippen LogP contribution in [0.3, 0.4) is 0 Å². The molecule has 0 atom stereocenters. The molecule has 1 N–H and O–H groups in total. The van der Waals surface area contributed by atoms with Crippen LogP contribution < -0.4 is 5.32 Å². The summed E-state index contributed by atoms with van der Waals surface area (Å²) < 4.78 is 5.11. The third-order valence-electron chi connectivity index (χ3n) is 2.00. The first-order chi connectivity index (χ1) is 7.27. The Morgan fingerprint density at radius 3 is 3.13 bits per heavy atom. The lowest BCUT2D eigenvalue weighted by Gasteiger charge is -2.00. The van der Waals surface area contributed by atoms with E-state index in [1.165, 1.54) is 17.7 Å². The van der Waals surface area contributed by atoms with E-state index in [1.54, 1.807) is 6.07 Å². The van der Waals surface area contributed by atoms with Crippen LogP contribution in [0.5, 0.6) is 0 Å². The zero-order valence-corrected chi connectivity index (χ0v) is 9.00. The van der Waals surface area contributed by atoms with E-state index < -0.39 is 0 Å². The van der Waals surface area contributed by atoms with Crippen molar-refractivity contribution in [1.82, 2.24) is 10.3 Å². The van der Waals surface area contributed by atoms with Crippen LogP contribution in [0.1, 0.15) is 21.1 Å². The van der Waals surface area contributed by atoms with E-state index in [1.807, 2.05) is 18.4 Å². The summed E-state index contributed by atoms with van der Waals surface area (Å²) in [5.74, 6) is 0.612. The number of rotatable bonds is 3. The lowest BCUT2D eigenvalue weighted by molar-refractivity contribution is 0.0952. The molecular weight excluding hydrogens is 212 g/mol. The molecule has 0 aliphatic carbocycles. The summed E-state index contributed by atoms with van der Waals surface area (Å²) in [4.78, 5) is 16.2. The number of aromatic nitrogens is 1. The number of nitrogens with one attached hydrogen (secondary N) is 1. The van der Waals surface area contributed by atoms with Crippen molar-refractivity contribution in [2.45, 2.75) is 13.5 Å². The Morgan fingerprint density at radius 1 is 1.67 bits per heavy atom. The highest BCUT2D eigenvalue weighted by Crippen LogP contribution is 2.09. The highest BCUT2D eigenvalue weighted by atomic mass is 32.1. The summed E-state index contributed by atoms with van der Waals surface area (Å²) in [5.41, 5.74) is 0.807. The summed E-state index contributed by atoms with van der Waals surface area (Å²) in [6, 6.07) is 3.63. The van der Waals surface area contributed by atoms with Crippen molar-refractivity contribution < 1.29 is 9.21 Å². The molecule has 2 aromatic rings. The van der Waals surface area contributed by atoms with Gasteiger partial charge in [-0.3, -0.25) is 4.79 Å². The summed E-state index contributed by atoms with van der Waals surface area (Å²) in [6.07, 6.45) is 1.38. The molecule has 0 saturated carbocycles. The molecule has 0 spiro atoms. The minimum absolute atomic E-state index is 0.0826. The normalized spacial score (nSPS) is 10.2. The minimum atomic E-state index is -0.0826. The van der Waals surface area contributed by atoms with Gasteiger partial charge in [0, 0.05) is 0 Å². The Morgan fingerprint density at radius 2 is 2.53 bits per heavy atom. The van der Waals surface area contributed by atoms with Gasteiger partial charge in [0.15, 0.2) is 6.39 Å². The zero-order chi connectivity index (χ0) is 10.7. The van der Waals surface area contributed by atoms with Gasteiger partial charge < -0.3 is 9.73 Å². The van der Waals surface area contributed by atoms with Gasteiger partial charge >= 0.3 is 0 Å². The molecule has 2 rings (SSSR count). The van der Waals surface area contributed by atoms with Gasteiger partial charge in [0.05, 0.1) is 17.1 Å². The molecule has 0 saturated heterocycles. The topological polar surface area (TPSA) is 55.1 Å². The number of hydrogen-bond donors (Lipinski definition) is 1. The number of thiophene rings is 1. The van der Waals surface area contributed by atoms with Crippen molar-refractivity contribution in [3.8, 4) is 0 Å². The third-order valence-corrected chi connectivity index (χ3v) is 2.87. The second-order valence-electron chi connectivity index (χ2n) is 3.02. The molecule has 0 fully saturated rings. The summed E-state index contributed by atoms with van der Waals surface area (Å²) in [7, 11) is 0. The fourth-order valence-corrected chi connectivity index (χ4v) is 1.79. The molecule has 2 heterocycles. The molecule has 78 valence electrons. The van der Waals surface area contributed by atoms with Crippen molar-refractivity contribution in [3.63, 3.8) is 0 Å². The predicted molar refractivity (Wildman–Crippen MR) is 56.7 cm³/mol. The molecule has 15 heavy (non-hydrogen) atoms. The average Bonchev–Trinajstić information content (AvgIpc) is 2.85. The van der Waals surface area contributed by atoms with Crippen LogP contribution in [0.4, 0.5) is 0 Å². The minimum Gasteiger partial charge on any atom is -0.446 e. The van der Waals surface area contributed by atoms with Gasteiger partial charge in [-0.15, -0.1) is 11.3 Å². The highest BCUT2D eigenvalue weighted by molar-refractivity contribution is 7.12. The average molecular weight is 222 g/mol. The van der Waals surface area contributed by atoms with E-state index in [9.17, 15) is 4.79 Å². The van der Waals surface area contributed by atoms with Crippen molar-refractivity contribution in [2.24, 2.45) is 0 Å². The molecule has 1 amide bonds. The van der Waals surface area contributed by atoms with Gasteiger partial charge in [-0.1, -0.05) is 6.07 Å². The van der Waals surface area contributed by atoms with Gasteiger partial charge in [-0.05, 0) is 18.4 Å². The number of amides is 1. The lowest BCUT2D eigenvalue weighted by Crippen LogP contribution is -2.21. The predicted octanol–water partition coefficient (Wildman–Crippen LogP) is 1.97. The molecule has 0 radical (unpaired) electrons. The van der Waals surface area contributed by atoms with Gasteiger partial charge in [0.1, 0.15) is 5.76 Å². The van der Waals surface area contributed by atoms with Gasteiger partial charge in [-0.25, -0.2) is 4.98 Å². The van der Waals surface area contributed by atoms with Gasteiger partial charge in [0.25, 0.3) is 5.91 Å². The maximum atomic E-state index is 11.5. The second-order valence-corrected chi connectivity index (χ2v) is 3.97. The molecule has 0 aliphatic heterocycles. The highest BCUT2D eigenvalue weighted by Gasteiger charge is 2.08. The van der Waals surface area contributed by atoms with Gasteiger partial charge in [-0.2, -0.15) is 0 Å². The Bertz CT molecular complexity index is 448. The smallest absolute Gasteiger partial charge is 0.261 e. The van der Waals surface area contributed by atoms with E-state index in [0.717, 1.165) is 5.69 Å². The van der Waals surface area contributed by atoms with E-state index in [0.29, 0.717) is 17.2 Å². The number of carbonyl (C=O) groups is 1. The van der Waals surface area contributed by atoms with Crippen LogP contribution in [-0.2, 0) is 6.54 Å². The monoisotopic (exact) mass is 222 g/mol. The molecule has 0 bridgehead atoms. The van der Waals surface area contributed by atoms with E-state index in [4.69, 9.17) is 4.42 Å². The standard InChI is InChI=1S/C10H10N2O2S/c1-7-8(14-6-12-7)5-11-10(13)9-3-2-4-15-9/h2-4,6H,5H2,1H3,(H,11,13). The molecule has 0 aromatic carbocycles. The number of nitrogens with zero attached hydrogens (tertiary/aromatic N) is 1. The van der Waals surface area contributed by atoms with Crippen molar-refractivity contribution in [3.05, 3.63) is 40.2 Å². The van der Waals surface area contributed by atoms with E-state index in [-0.39, 0.29) is 5.91 Å². The van der Waals surface area contributed by atoms with Crippen molar-refractivity contribution in [1.29, 1.82) is 0 Å². The SMILES string of the molecule is Cc1ncoc1CNC(=O)c1cccs1. The molecule has 0 aliphatic rings. The summed E-state index contributed by atoms with van der Waals surface area (Å²) in [6.45, 7) is 2.22. The van der Waals surface area contributed by atoms with Crippen molar-refractivity contribution >= 4 is 17.2 Å². The maximum absolute atomic E-state index is 11.5. The lowest BCUT2D eigenvalue weighted by atomic mass is 10.3. The van der Waals surface area contributed by atoms with Crippen LogP contribution in [0.25, 0.3) is 0 Å². The summed E-state index contributed by atoms with van der Waals surface area (Å²) in [5, 5.41) is 4.64. The fraction of sp³-hybridized carbons (Fsp3) is 0.200.